The first-order valence-electron chi connectivity index (χ1n) is 7.83. The number of hydrogen-bond acceptors (Lipinski definition) is 5. The van der Waals surface area contributed by atoms with E-state index in [4.69, 9.17) is 4.74 Å². The second-order valence-electron chi connectivity index (χ2n) is 5.60. The van der Waals surface area contributed by atoms with Crippen molar-refractivity contribution in [3.63, 3.8) is 0 Å². The summed E-state index contributed by atoms with van der Waals surface area (Å²) in [6.45, 7) is 2.16. The number of H-pyrrole nitrogens is 1. The van der Waals surface area contributed by atoms with E-state index < -0.39 is 6.10 Å². The first kappa shape index (κ1) is 14.6. The summed E-state index contributed by atoms with van der Waals surface area (Å²) in [6.07, 6.45) is 7.19. The van der Waals surface area contributed by atoms with Crippen molar-refractivity contribution in [1.82, 2.24) is 24.8 Å². The molecule has 0 bridgehead atoms. The largest absolute Gasteiger partial charge is 0.489 e. The predicted octanol–water partition coefficient (Wildman–Crippen LogP) is 2.42. The Kier molecular flexibility index (Phi) is 3.62. The second kappa shape index (κ2) is 5.93. The molecule has 0 radical (unpaired) electrons. The van der Waals surface area contributed by atoms with Gasteiger partial charge in [0.05, 0.1) is 24.0 Å². The molecule has 2 N–H and O–H groups in total. The van der Waals surface area contributed by atoms with Crippen molar-refractivity contribution in [2.75, 3.05) is 6.61 Å². The van der Waals surface area contributed by atoms with Gasteiger partial charge in [-0.25, -0.2) is 4.98 Å². The van der Waals surface area contributed by atoms with Gasteiger partial charge in [0.25, 0.3) is 0 Å². The van der Waals surface area contributed by atoms with Gasteiger partial charge in [-0.3, -0.25) is 0 Å². The Labute approximate surface area is 137 Å². The highest BCUT2D eigenvalue weighted by atomic mass is 16.5. The van der Waals surface area contributed by atoms with Gasteiger partial charge in [0.1, 0.15) is 18.0 Å². The van der Waals surface area contributed by atoms with Crippen LogP contribution in [0.1, 0.15) is 13.3 Å². The van der Waals surface area contributed by atoms with E-state index in [1.54, 1.807) is 23.2 Å². The standard InChI is InChI=1S/C17H17N5O2/c1-2-11(23)10-24-12-7-16-15(9-21-22(16)20-8-12)13-3-5-18-17-14(13)4-6-19-17/h3-9,11,23H,2,10H2,1H3,(H,18,19). The fraction of sp³-hybridized carbons (Fsp3) is 0.235. The number of hydrogen-bond donors (Lipinski definition) is 2. The number of fused-ring (bicyclic) bond motifs is 2. The molecule has 0 aliphatic rings. The zero-order valence-corrected chi connectivity index (χ0v) is 13.2. The highest BCUT2D eigenvalue weighted by Crippen LogP contribution is 2.31. The minimum absolute atomic E-state index is 0.245. The Hall–Kier alpha value is -2.93. The zero-order valence-electron chi connectivity index (χ0n) is 13.2. The van der Waals surface area contributed by atoms with Crippen LogP contribution in [0, 0.1) is 0 Å². The van der Waals surface area contributed by atoms with E-state index in [9.17, 15) is 5.11 Å². The lowest BCUT2D eigenvalue weighted by molar-refractivity contribution is 0.104. The Balaban J connectivity index is 1.77. The lowest BCUT2D eigenvalue weighted by Gasteiger charge is -2.10. The predicted molar refractivity (Wildman–Crippen MR) is 89.9 cm³/mol. The first-order valence-corrected chi connectivity index (χ1v) is 7.83. The van der Waals surface area contributed by atoms with E-state index >= 15 is 0 Å². The SMILES string of the molecule is CCC(O)COc1cnn2ncc(-c3ccnc4[nH]ccc34)c2c1. The van der Waals surface area contributed by atoms with Crippen molar-refractivity contribution in [2.24, 2.45) is 0 Å². The van der Waals surface area contributed by atoms with Crippen LogP contribution >= 0.6 is 0 Å². The molecule has 1 unspecified atom stereocenters. The van der Waals surface area contributed by atoms with Gasteiger partial charge < -0.3 is 14.8 Å². The summed E-state index contributed by atoms with van der Waals surface area (Å²) < 4.78 is 7.19. The summed E-state index contributed by atoms with van der Waals surface area (Å²) in [5.41, 5.74) is 3.66. The van der Waals surface area contributed by atoms with Crippen LogP contribution in [-0.4, -0.2) is 42.6 Å². The summed E-state index contributed by atoms with van der Waals surface area (Å²) in [5, 5.41) is 19.3. The van der Waals surface area contributed by atoms with Crippen molar-refractivity contribution in [3.05, 3.63) is 43.0 Å². The Morgan fingerprint density at radius 3 is 3.00 bits per heavy atom. The number of nitrogens with zero attached hydrogens (tertiary/aromatic N) is 4. The molecule has 1 atom stereocenters. The molecule has 24 heavy (non-hydrogen) atoms. The summed E-state index contributed by atoms with van der Waals surface area (Å²) >= 11 is 0. The molecular formula is C17H17N5O2. The maximum atomic E-state index is 9.65. The molecule has 0 saturated carbocycles. The van der Waals surface area contributed by atoms with E-state index in [0.717, 1.165) is 27.7 Å². The van der Waals surface area contributed by atoms with E-state index in [2.05, 4.69) is 20.2 Å². The van der Waals surface area contributed by atoms with Crippen molar-refractivity contribution in [3.8, 4) is 16.9 Å². The van der Waals surface area contributed by atoms with Gasteiger partial charge in [-0.15, -0.1) is 0 Å². The topological polar surface area (TPSA) is 88.3 Å². The molecule has 0 amide bonds. The number of aromatic amines is 1. The Morgan fingerprint density at radius 1 is 1.25 bits per heavy atom. The average molecular weight is 323 g/mol. The summed E-state index contributed by atoms with van der Waals surface area (Å²) in [7, 11) is 0. The highest BCUT2D eigenvalue weighted by Gasteiger charge is 2.13. The lowest BCUT2D eigenvalue weighted by Crippen LogP contribution is -2.16. The van der Waals surface area contributed by atoms with Crippen LogP contribution in [0.3, 0.4) is 0 Å². The van der Waals surface area contributed by atoms with Gasteiger partial charge in [0.15, 0.2) is 0 Å². The molecule has 0 fully saturated rings. The number of nitrogens with one attached hydrogen (secondary N) is 1. The number of pyridine rings is 1. The molecule has 0 aromatic carbocycles. The fourth-order valence-electron chi connectivity index (χ4n) is 2.65. The minimum atomic E-state index is -0.481. The Bertz CT molecular complexity index is 991. The van der Waals surface area contributed by atoms with Crippen molar-refractivity contribution >= 4 is 16.6 Å². The third-order valence-electron chi connectivity index (χ3n) is 4.02. The highest BCUT2D eigenvalue weighted by molar-refractivity contribution is 5.97. The third-order valence-corrected chi connectivity index (χ3v) is 4.02. The van der Waals surface area contributed by atoms with E-state index in [-0.39, 0.29) is 6.61 Å². The fourth-order valence-corrected chi connectivity index (χ4v) is 2.65. The molecule has 122 valence electrons. The van der Waals surface area contributed by atoms with Gasteiger partial charge in [-0.2, -0.15) is 14.8 Å². The van der Waals surface area contributed by atoms with Crippen LogP contribution in [0.2, 0.25) is 0 Å². The third kappa shape index (κ3) is 2.48. The van der Waals surface area contributed by atoms with Crippen molar-refractivity contribution in [1.29, 1.82) is 0 Å². The monoisotopic (exact) mass is 323 g/mol. The molecule has 4 aromatic rings. The van der Waals surface area contributed by atoms with E-state index in [1.807, 2.05) is 31.3 Å². The average Bonchev–Trinajstić information content (AvgIpc) is 3.25. The number of aromatic nitrogens is 5. The van der Waals surface area contributed by atoms with E-state index in [0.29, 0.717) is 12.2 Å². The maximum absolute atomic E-state index is 9.65. The van der Waals surface area contributed by atoms with Gasteiger partial charge in [-0.05, 0) is 24.1 Å². The molecule has 4 aromatic heterocycles. The molecule has 7 heteroatoms. The molecule has 0 spiro atoms. The molecule has 4 rings (SSSR count). The quantitative estimate of drug-likeness (QED) is 0.589. The van der Waals surface area contributed by atoms with E-state index in [1.165, 1.54) is 0 Å². The molecule has 0 aliphatic carbocycles. The normalized spacial score (nSPS) is 12.8. The summed E-state index contributed by atoms with van der Waals surface area (Å²) in [6, 6.07) is 5.84. The Morgan fingerprint density at radius 2 is 2.12 bits per heavy atom. The molecule has 4 heterocycles. The van der Waals surface area contributed by atoms with Gasteiger partial charge >= 0.3 is 0 Å². The van der Waals surface area contributed by atoms with Gasteiger partial charge in [0.2, 0.25) is 0 Å². The summed E-state index contributed by atoms with van der Waals surface area (Å²) in [4.78, 5) is 7.43. The maximum Gasteiger partial charge on any atom is 0.141 e. The molecule has 0 saturated heterocycles. The number of aliphatic hydroxyl groups excluding tert-OH is 1. The van der Waals surface area contributed by atoms with Crippen LogP contribution in [0.15, 0.2) is 43.0 Å². The number of ether oxygens (including phenoxy) is 1. The molecule has 7 nitrogen and oxygen atoms in total. The lowest BCUT2D eigenvalue weighted by atomic mass is 10.1. The zero-order chi connectivity index (χ0) is 16.5. The number of rotatable bonds is 5. The van der Waals surface area contributed by atoms with Gasteiger partial charge in [-0.1, -0.05) is 6.92 Å². The van der Waals surface area contributed by atoms with Gasteiger partial charge in [0, 0.05) is 29.4 Å². The first-order chi connectivity index (χ1) is 11.8. The molecule has 0 aliphatic heterocycles. The van der Waals surface area contributed by atoms with Crippen LogP contribution in [0.5, 0.6) is 5.75 Å². The van der Waals surface area contributed by atoms with Crippen LogP contribution in [0.25, 0.3) is 27.7 Å². The minimum Gasteiger partial charge on any atom is -0.489 e. The van der Waals surface area contributed by atoms with Crippen molar-refractivity contribution < 1.29 is 9.84 Å². The molecular weight excluding hydrogens is 306 g/mol. The smallest absolute Gasteiger partial charge is 0.141 e. The number of aliphatic hydroxyl groups is 1. The van der Waals surface area contributed by atoms with Crippen LogP contribution in [0.4, 0.5) is 0 Å². The van der Waals surface area contributed by atoms with Crippen molar-refractivity contribution in [2.45, 2.75) is 19.4 Å². The summed E-state index contributed by atoms with van der Waals surface area (Å²) in [5.74, 6) is 0.608. The second-order valence-corrected chi connectivity index (χ2v) is 5.60. The van der Waals surface area contributed by atoms with Crippen LogP contribution < -0.4 is 4.74 Å². The van der Waals surface area contributed by atoms with Crippen LogP contribution in [-0.2, 0) is 0 Å².